The second kappa shape index (κ2) is 8.30. The molecule has 1 heterocycles. The molecule has 0 aliphatic heterocycles. The van der Waals surface area contributed by atoms with Crippen LogP contribution in [0, 0.1) is 0 Å². The van der Waals surface area contributed by atoms with E-state index in [9.17, 15) is 0 Å². The molecule has 0 unspecified atom stereocenters. The largest absolute Gasteiger partial charge is 0.360 e. The lowest BCUT2D eigenvalue weighted by Gasteiger charge is -2.33. The van der Waals surface area contributed by atoms with Crippen LogP contribution in [0.25, 0.3) is 0 Å². The van der Waals surface area contributed by atoms with Crippen molar-refractivity contribution in [2.24, 2.45) is 0 Å². The van der Waals surface area contributed by atoms with Crippen molar-refractivity contribution in [2.75, 3.05) is 0 Å². The lowest BCUT2D eigenvalue weighted by molar-refractivity contribution is 0.300. The number of hydrogen-bond acceptors (Lipinski definition) is 2. The maximum absolute atomic E-state index is 5.83. The van der Waals surface area contributed by atoms with Gasteiger partial charge in [-0.3, -0.25) is 0 Å². The maximum Gasteiger partial charge on any atom is 0.169 e. The Morgan fingerprint density at radius 1 is 1.09 bits per heavy atom. The van der Waals surface area contributed by atoms with Crippen LogP contribution in [0.2, 0.25) is 0 Å². The van der Waals surface area contributed by atoms with Gasteiger partial charge in [0.1, 0.15) is 0 Å². The Balaban J connectivity index is 1.63. The van der Waals surface area contributed by atoms with E-state index in [2.05, 4.69) is 27.7 Å². The Hall–Kier alpha value is -0.610. The number of nitrogens with zero attached hydrogens (tertiary/aromatic N) is 1. The van der Waals surface area contributed by atoms with Crippen molar-refractivity contribution >= 4 is 28.7 Å². The first-order chi connectivity index (χ1) is 10.8. The molecule has 1 aromatic heterocycles. The number of thiocarbonyl (C=S) groups is 1. The Bertz CT molecular complexity index is 444. The Morgan fingerprint density at radius 3 is 2.41 bits per heavy atom. The lowest BCUT2D eigenvalue weighted by atomic mass is 10.1. The summed E-state index contributed by atoms with van der Waals surface area (Å²) in [4.78, 5) is 3.91. The van der Waals surface area contributed by atoms with Gasteiger partial charge in [0.05, 0.1) is 6.54 Å². The Kier molecular flexibility index (Phi) is 6.13. The van der Waals surface area contributed by atoms with Crippen LogP contribution in [0.5, 0.6) is 0 Å². The molecular weight excluding hydrogens is 308 g/mol. The van der Waals surface area contributed by atoms with E-state index in [1.807, 2.05) is 11.3 Å². The van der Waals surface area contributed by atoms with Crippen molar-refractivity contribution in [1.29, 1.82) is 0 Å². The van der Waals surface area contributed by atoms with Gasteiger partial charge in [-0.1, -0.05) is 44.6 Å². The normalized spacial score (nSPS) is 20.7. The molecule has 1 aromatic rings. The number of rotatable bonds is 4. The number of nitrogens with one attached hydrogen (secondary N) is 1. The first-order valence-electron chi connectivity index (χ1n) is 8.92. The van der Waals surface area contributed by atoms with Crippen molar-refractivity contribution in [3.8, 4) is 0 Å². The van der Waals surface area contributed by atoms with Crippen LogP contribution in [0.4, 0.5) is 0 Å². The van der Waals surface area contributed by atoms with E-state index in [1.165, 1.54) is 69.1 Å². The topological polar surface area (TPSA) is 15.3 Å². The molecule has 2 saturated carbocycles. The zero-order chi connectivity index (χ0) is 15.2. The molecule has 122 valence electrons. The summed E-state index contributed by atoms with van der Waals surface area (Å²) in [7, 11) is 0. The van der Waals surface area contributed by atoms with Crippen LogP contribution in [-0.2, 0) is 6.54 Å². The number of thiophene rings is 1. The molecule has 0 radical (unpaired) electrons. The Morgan fingerprint density at radius 2 is 1.77 bits per heavy atom. The van der Waals surface area contributed by atoms with Gasteiger partial charge in [-0.05, 0) is 49.3 Å². The molecule has 0 aromatic carbocycles. The zero-order valence-electron chi connectivity index (χ0n) is 13.4. The predicted molar refractivity (Wildman–Crippen MR) is 99.3 cm³/mol. The summed E-state index contributed by atoms with van der Waals surface area (Å²) in [5.74, 6) is 0. The first-order valence-corrected chi connectivity index (χ1v) is 10.2. The SMILES string of the molecule is S=C(NC1CCCCCC1)N(Cc1cccs1)C1CCCC1. The van der Waals surface area contributed by atoms with Gasteiger partial charge < -0.3 is 10.2 Å². The monoisotopic (exact) mass is 336 g/mol. The molecule has 0 bridgehead atoms. The molecule has 2 aliphatic rings. The summed E-state index contributed by atoms with van der Waals surface area (Å²) >= 11 is 7.68. The molecule has 2 nitrogen and oxygen atoms in total. The van der Waals surface area contributed by atoms with Gasteiger partial charge in [0.25, 0.3) is 0 Å². The fourth-order valence-electron chi connectivity index (χ4n) is 3.83. The molecule has 3 rings (SSSR count). The molecule has 4 heteroatoms. The van der Waals surface area contributed by atoms with E-state index in [0.717, 1.165) is 11.7 Å². The van der Waals surface area contributed by atoms with Crippen molar-refractivity contribution in [1.82, 2.24) is 10.2 Å². The standard InChI is InChI=1S/C18H28N2S2/c21-18(19-15-8-3-1-2-4-9-15)20(16-10-5-6-11-16)14-17-12-7-13-22-17/h7,12-13,15-16H,1-6,8-11,14H2,(H,19,21). The van der Waals surface area contributed by atoms with E-state index in [4.69, 9.17) is 12.2 Å². The smallest absolute Gasteiger partial charge is 0.169 e. The van der Waals surface area contributed by atoms with E-state index >= 15 is 0 Å². The van der Waals surface area contributed by atoms with Crippen LogP contribution in [0.1, 0.15) is 69.1 Å². The van der Waals surface area contributed by atoms with Gasteiger partial charge in [-0.2, -0.15) is 0 Å². The third-order valence-electron chi connectivity index (χ3n) is 5.12. The van der Waals surface area contributed by atoms with E-state index in [0.29, 0.717) is 12.1 Å². The third-order valence-corrected chi connectivity index (χ3v) is 6.33. The van der Waals surface area contributed by atoms with Gasteiger partial charge in [0.2, 0.25) is 0 Å². The molecule has 0 spiro atoms. The molecule has 0 atom stereocenters. The molecule has 2 fully saturated rings. The van der Waals surface area contributed by atoms with E-state index in [1.54, 1.807) is 0 Å². The summed E-state index contributed by atoms with van der Waals surface area (Å²) < 4.78 is 0. The first kappa shape index (κ1) is 16.3. The van der Waals surface area contributed by atoms with Crippen LogP contribution in [-0.4, -0.2) is 22.1 Å². The molecular formula is C18H28N2S2. The second-order valence-corrected chi connectivity index (χ2v) is 8.20. The van der Waals surface area contributed by atoms with E-state index in [-0.39, 0.29) is 0 Å². The fourth-order valence-corrected chi connectivity index (χ4v) is 4.92. The summed E-state index contributed by atoms with van der Waals surface area (Å²) in [5.41, 5.74) is 0. The third kappa shape index (κ3) is 4.45. The van der Waals surface area contributed by atoms with Crippen molar-refractivity contribution < 1.29 is 0 Å². The van der Waals surface area contributed by atoms with Crippen molar-refractivity contribution in [3.63, 3.8) is 0 Å². The van der Waals surface area contributed by atoms with Crippen LogP contribution >= 0.6 is 23.6 Å². The highest BCUT2D eigenvalue weighted by molar-refractivity contribution is 7.80. The molecule has 0 amide bonds. The quantitative estimate of drug-likeness (QED) is 0.609. The summed E-state index contributed by atoms with van der Waals surface area (Å²) in [5, 5.41) is 6.89. The van der Waals surface area contributed by atoms with Gasteiger partial charge in [-0.25, -0.2) is 0 Å². The average Bonchev–Trinajstić information content (AvgIpc) is 3.16. The highest BCUT2D eigenvalue weighted by Crippen LogP contribution is 2.27. The molecule has 22 heavy (non-hydrogen) atoms. The zero-order valence-corrected chi connectivity index (χ0v) is 15.1. The van der Waals surface area contributed by atoms with Gasteiger partial charge in [0.15, 0.2) is 5.11 Å². The van der Waals surface area contributed by atoms with Crippen LogP contribution in [0.15, 0.2) is 17.5 Å². The van der Waals surface area contributed by atoms with Crippen LogP contribution in [0.3, 0.4) is 0 Å². The molecule has 1 N–H and O–H groups in total. The van der Waals surface area contributed by atoms with Gasteiger partial charge in [-0.15, -0.1) is 11.3 Å². The summed E-state index contributed by atoms with van der Waals surface area (Å²) in [6, 6.07) is 5.63. The van der Waals surface area contributed by atoms with Gasteiger partial charge in [0, 0.05) is 17.0 Å². The number of hydrogen-bond donors (Lipinski definition) is 1. The Labute approximate surface area is 144 Å². The molecule has 2 aliphatic carbocycles. The second-order valence-electron chi connectivity index (χ2n) is 6.78. The minimum absolute atomic E-state index is 0.599. The van der Waals surface area contributed by atoms with Crippen LogP contribution < -0.4 is 5.32 Å². The molecule has 0 saturated heterocycles. The van der Waals surface area contributed by atoms with Crippen molar-refractivity contribution in [3.05, 3.63) is 22.4 Å². The average molecular weight is 337 g/mol. The van der Waals surface area contributed by atoms with E-state index < -0.39 is 0 Å². The highest BCUT2D eigenvalue weighted by Gasteiger charge is 2.26. The maximum atomic E-state index is 5.83. The minimum Gasteiger partial charge on any atom is -0.360 e. The minimum atomic E-state index is 0.599. The predicted octanol–water partition coefficient (Wildman–Crippen LogP) is 5.09. The van der Waals surface area contributed by atoms with Crippen molar-refractivity contribution in [2.45, 2.75) is 82.8 Å². The highest BCUT2D eigenvalue weighted by atomic mass is 32.1. The fraction of sp³-hybridized carbons (Fsp3) is 0.722. The lowest BCUT2D eigenvalue weighted by Crippen LogP contribution is -2.47. The summed E-state index contributed by atoms with van der Waals surface area (Å²) in [6.45, 7) is 0.987. The van der Waals surface area contributed by atoms with Gasteiger partial charge >= 0.3 is 0 Å². The summed E-state index contributed by atoms with van der Waals surface area (Å²) in [6.07, 6.45) is 13.4.